The van der Waals surface area contributed by atoms with E-state index in [1.165, 1.54) is 7.11 Å². The van der Waals surface area contributed by atoms with Gasteiger partial charge in [0.1, 0.15) is 0 Å². The van der Waals surface area contributed by atoms with E-state index in [-0.39, 0.29) is 18.7 Å². The van der Waals surface area contributed by atoms with E-state index in [4.69, 9.17) is 5.11 Å². The maximum absolute atomic E-state index is 11.5. The average molecular weight is 279 g/mol. The first-order valence-electron chi connectivity index (χ1n) is 6.20. The molecule has 1 amide bonds. The normalized spacial score (nSPS) is 9.90. The Bertz CT molecular complexity index is 524. The molecule has 0 saturated heterocycles. The lowest BCUT2D eigenvalue weighted by molar-refractivity contribution is -0.138. The molecule has 0 aliphatic carbocycles. The lowest BCUT2D eigenvalue weighted by Gasteiger charge is -2.10. The molecule has 108 valence electrons. The molecule has 6 nitrogen and oxygen atoms in total. The lowest BCUT2D eigenvalue weighted by atomic mass is 10.0. The highest BCUT2D eigenvalue weighted by molar-refractivity contribution is 5.95. The van der Waals surface area contributed by atoms with Gasteiger partial charge in [-0.25, -0.2) is 4.79 Å². The zero-order chi connectivity index (χ0) is 15.1. The van der Waals surface area contributed by atoms with Gasteiger partial charge in [0, 0.05) is 12.1 Å². The maximum atomic E-state index is 11.5. The van der Waals surface area contributed by atoms with Crippen molar-refractivity contribution in [3.8, 4) is 0 Å². The Morgan fingerprint density at radius 2 is 1.95 bits per heavy atom. The van der Waals surface area contributed by atoms with E-state index in [1.807, 2.05) is 6.92 Å². The van der Waals surface area contributed by atoms with Crippen LogP contribution in [-0.2, 0) is 20.7 Å². The van der Waals surface area contributed by atoms with Crippen LogP contribution in [0.25, 0.3) is 0 Å². The minimum atomic E-state index is -1.02. The van der Waals surface area contributed by atoms with E-state index in [0.29, 0.717) is 17.7 Å². The summed E-state index contributed by atoms with van der Waals surface area (Å²) in [5.74, 6) is -1.82. The predicted octanol–water partition coefficient (Wildman–Crippen LogP) is 1.84. The fraction of sp³-hybridized carbons (Fsp3) is 0.357. The number of methoxy groups -OCH3 is 1. The van der Waals surface area contributed by atoms with Gasteiger partial charge in [-0.15, -0.1) is 0 Å². The number of nitrogens with one attached hydrogen (secondary N) is 1. The van der Waals surface area contributed by atoms with Gasteiger partial charge in [0.2, 0.25) is 5.91 Å². The van der Waals surface area contributed by atoms with Crippen LogP contribution in [0, 0.1) is 0 Å². The molecule has 0 atom stereocenters. The zero-order valence-corrected chi connectivity index (χ0v) is 11.4. The number of carbonyl (C=O) groups excluding carboxylic acids is 2. The van der Waals surface area contributed by atoms with E-state index >= 15 is 0 Å². The van der Waals surface area contributed by atoms with Crippen LogP contribution in [0.1, 0.15) is 35.7 Å². The first-order valence-corrected chi connectivity index (χ1v) is 6.20. The highest BCUT2D eigenvalue weighted by atomic mass is 16.5. The van der Waals surface area contributed by atoms with Crippen LogP contribution in [0.3, 0.4) is 0 Å². The molecule has 0 heterocycles. The number of aliphatic carboxylic acids is 1. The summed E-state index contributed by atoms with van der Waals surface area (Å²) in [4.78, 5) is 33.4. The summed E-state index contributed by atoms with van der Waals surface area (Å²) in [6.07, 6.45) is 0.311. The summed E-state index contributed by atoms with van der Waals surface area (Å²) in [5.41, 5.74) is 1.75. The van der Waals surface area contributed by atoms with Crippen LogP contribution in [-0.4, -0.2) is 30.1 Å². The van der Waals surface area contributed by atoms with E-state index in [9.17, 15) is 14.4 Å². The van der Waals surface area contributed by atoms with Gasteiger partial charge in [-0.2, -0.15) is 0 Å². The minimum Gasteiger partial charge on any atom is -0.481 e. The number of carbonyl (C=O) groups is 3. The summed E-state index contributed by atoms with van der Waals surface area (Å²) >= 11 is 0. The number of hydrogen-bond acceptors (Lipinski definition) is 4. The summed E-state index contributed by atoms with van der Waals surface area (Å²) < 4.78 is 4.67. The van der Waals surface area contributed by atoms with E-state index in [1.54, 1.807) is 18.2 Å². The van der Waals surface area contributed by atoms with Gasteiger partial charge in [-0.05, 0) is 30.2 Å². The molecule has 0 spiro atoms. The number of carboxylic acids is 1. The quantitative estimate of drug-likeness (QED) is 0.775. The van der Waals surface area contributed by atoms with Crippen molar-refractivity contribution in [3.05, 3.63) is 29.3 Å². The van der Waals surface area contributed by atoms with Crippen LogP contribution < -0.4 is 5.32 Å². The third kappa shape index (κ3) is 4.38. The number of rotatable bonds is 6. The molecule has 6 heteroatoms. The second kappa shape index (κ2) is 7.28. The standard InChI is InChI=1S/C14H17NO5/c1-3-9-8-10(4-5-11(9)14(19)20-2)15-12(16)6-7-13(17)18/h4-5,8H,3,6-7H2,1-2H3,(H,15,16)(H,17,18). The van der Waals surface area contributed by atoms with Crippen molar-refractivity contribution in [3.63, 3.8) is 0 Å². The highest BCUT2D eigenvalue weighted by Crippen LogP contribution is 2.18. The number of carboxylic acid groups (broad SMARTS) is 1. The lowest BCUT2D eigenvalue weighted by Crippen LogP contribution is -2.14. The van der Waals surface area contributed by atoms with E-state index in [2.05, 4.69) is 10.1 Å². The summed E-state index contributed by atoms with van der Waals surface area (Å²) in [7, 11) is 1.31. The molecule has 0 radical (unpaired) electrons. The molecule has 0 aromatic heterocycles. The number of amides is 1. The maximum Gasteiger partial charge on any atom is 0.338 e. The number of esters is 1. The van der Waals surface area contributed by atoms with Crippen molar-refractivity contribution in [1.82, 2.24) is 0 Å². The van der Waals surface area contributed by atoms with Crippen molar-refractivity contribution < 1.29 is 24.2 Å². The Kier molecular flexibility index (Phi) is 5.71. The molecule has 1 aromatic carbocycles. The van der Waals surface area contributed by atoms with Crippen molar-refractivity contribution in [2.24, 2.45) is 0 Å². The first kappa shape index (κ1) is 15.7. The van der Waals surface area contributed by atoms with Crippen LogP contribution >= 0.6 is 0 Å². The van der Waals surface area contributed by atoms with Gasteiger partial charge < -0.3 is 15.2 Å². The van der Waals surface area contributed by atoms with Crippen molar-refractivity contribution in [1.29, 1.82) is 0 Å². The van der Waals surface area contributed by atoms with Crippen molar-refractivity contribution in [2.45, 2.75) is 26.2 Å². The molecule has 0 fully saturated rings. The molecule has 20 heavy (non-hydrogen) atoms. The Morgan fingerprint density at radius 3 is 2.50 bits per heavy atom. The van der Waals surface area contributed by atoms with Gasteiger partial charge in [0.25, 0.3) is 0 Å². The van der Waals surface area contributed by atoms with Gasteiger partial charge in [0.15, 0.2) is 0 Å². The van der Waals surface area contributed by atoms with Gasteiger partial charge in [-0.3, -0.25) is 9.59 Å². The number of aryl methyl sites for hydroxylation is 1. The summed E-state index contributed by atoms with van der Waals surface area (Å²) in [6, 6.07) is 4.85. The summed E-state index contributed by atoms with van der Waals surface area (Å²) in [5, 5.41) is 11.1. The monoisotopic (exact) mass is 279 g/mol. The van der Waals surface area contributed by atoms with Crippen LogP contribution in [0.5, 0.6) is 0 Å². The highest BCUT2D eigenvalue weighted by Gasteiger charge is 2.12. The molecule has 0 aliphatic rings. The van der Waals surface area contributed by atoms with Crippen LogP contribution in [0.4, 0.5) is 5.69 Å². The molecule has 1 rings (SSSR count). The van der Waals surface area contributed by atoms with Gasteiger partial charge in [0.05, 0.1) is 19.1 Å². The smallest absolute Gasteiger partial charge is 0.338 e. The summed E-state index contributed by atoms with van der Waals surface area (Å²) in [6.45, 7) is 1.89. The molecule has 0 bridgehead atoms. The Labute approximate surface area is 116 Å². The number of hydrogen-bond donors (Lipinski definition) is 2. The van der Waals surface area contributed by atoms with Crippen LogP contribution in [0.2, 0.25) is 0 Å². The van der Waals surface area contributed by atoms with Crippen molar-refractivity contribution >= 4 is 23.5 Å². The number of ether oxygens (including phenoxy) is 1. The second-order valence-electron chi connectivity index (χ2n) is 4.16. The van der Waals surface area contributed by atoms with Crippen LogP contribution in [0.15, 0.2) is 18.2 Å². The van der Waals surface area contributed by atoms with E-state index in [0.717, 1.165) is 5.56 Å². The molecule has 1 aromatic rings. The minimum absolute atomic E-state index is 0.0878. The molecule has 2 N–H and O–H groups in total. The molecule has 0 unspecified atom stereocenters. The molecule has 0 aliphatic heterocycles. The van der Waals surface area contributed by atoms with Gasteiger partial charge in [-0.1, -0.05) is 6.92 Å². The zero-order valence-electron chi connectivity index (χ0n) is 11.4. The van der Waals surface area contributed by atoms with Gasteiger partial charge >= 0.3 is 11.9 Å². The largest absolute Gasteiger partial charge is 0.481 e. The Balaban J connectivity index is 2.80. The number of anilines is 1. The number of benzene rings is 1. The predicted molar refractivity (Wildman–Crippen MR) is 72.7 cm³/mol. The third-order valence-electron chi connectivity index (χ3n) is 2.74. The fourth-order valence-corrected chi connectivity index (χ4v) is 1.72. The van der Waals surface area contributed by atoms with E-state index < -0.39 is 11.9 Å². The Hall–Kier alpha value is -2.37. The third-order valence-corrected chi connectivity index (χ3v) is 2.74. The SMILES string of the molecule is CCc1cc(NC(=O)CCC(=O)O)ccc1C(=O)OC. The topological polar surface area (TPSA) is 92.7 Å². The fourth-order valence-electron chi connectivity index (χ4n) is 1.72. The molecular weight excluding hydrogens is 262 g/mol. The second-order valence-corrected chi connectivity index (χ2v) is 4.16. The first-order chi connectivity index (χ1) is 9.47. The molecular formula is C14H17NO5. The van der Waals surface area contributed by atoms with Crippen molar-refractivity contribution in [2.75, 3.05) is 12.4 Å². The Morgan fingerprint density at radius 1 is 1.25 bits per heavy atom. The molecule has 0 saturated carbocycles. The average Bonchev–Trinajstić information content (AvgIpc) is 2.44.